The van der Waals surface area contributed by atoms with Crippen LogP contribution in [0.2, 0.25) is 0 Å². The zero-order valence-electron chi connectivity index (χ0n) is 11.6. The van der Waals surface area contributed by atoms with Crippen LogP contribution in [0.4, 0.5) is 0 Å². The number of nitrogens with one attached hydrogen (secondary N) is 1. The fourth-order valence-electron chi connectivity index (χ4n) is 1.85. The van der Waals surface area contributed by atoms with Crippen molar-refractivity contribution in [2.45, 2.75) is 19.8 Å². The van der Waals surface area contributed by atoms with E-state index < -0.39 is 0 Å². The van der Waals surface area contributed by atoms with Crippen LogP contribution in [-0.2, 0) is 4.79 Å². The number of nitrogens with zero attached hydrogens (tertiary/aromatic N) is 3. The van der Waals surface area contributed by atoms with Gasteiger partial charge in [-0.25, -0.2) is 4.98 Å². The van der Waals surface area contributed by atoms with Crippen LogP contribution >= 0.6 is 15.9 Å². The minimum Gasteiger partial charge on any atom is -0.351 e. The highest BCUT2D eigenvalue weighted by atomic mass is 79.9. The maximum atomic E-state index is 11.9. The second kappa shape index (κ2) is 7.04. The molecule has 0 aliphatic heterocycles. The molecular weight excluding hydrogens is 332 g/mol. The zero-order chi connectivity index (χ0) is 15.2. The van der Waals surface area contributed by atoms with E-state index >= 15 is 0 Å². The quantitative estimate of drug-likeness (QED) is 0.514. The number of fused-ring (bicyclic) bond motifs is 1. The number of carbonyl (C=O) groups is 1. The van der Waals surface area contributed by atoms with E-state index in [1.807, 2.05) is 35.7 Å². The Bertz CT molecular complexity index is 727. The molecule has 0 saturated carbocycles. The Morgan fingerprint density at radius 3 is 3.10 bits per heavy atom. The van der Waals surface area contributed by atoms with Gasteiger partial charge in [0.25, 0.3) is 5.91 Å². The first kappa shape index (κ1) is 15.3. The van der Waals surface area contributed by atoms with E-state index in [1.54, 1.807) is 12.3 Å². The largest absolute Gasteiger partial charge is 0.351 e. The van der Waals surface area contributed by atoms with Crippen LogP contribution in [-0.4, -0.2) is 21.8 Å². The molecule has 1 N–H and O–H groups in total. The fraction of sp³-hybridized carbons (Fsp3) is 0.267. The summed E-state index contributed by atoms with van der Waals surface area (Å²) in [5, 5.41) is 11.9. The molecule has 1 amide bonds. The second-order valence-electron chi connectivity index (χ2n) is 4.54. The molecule has 0 aliphatic rings. The third kappa shape index (κ3) is 3.70. The molecule has 0 aromatic carbocycles. The van der Waals surface area contributed by atoms with Crippen molar-refractivity contribution in [3.8, 4) is 6.07 Å². The molecule has 0 spiro atoms. The molecule has 2 aromatic heterocycles. The first-order valence-corrected chi connectivity index (χ1v) is 7.47. The summed E-state index contributed by atoms with van der Waals surface area (Å²) in [5.41, 5.74) is 1.52. The summed E-state index contributed by atoms with van der Waals surface area (Å²) in [6.45, 7) is 2.62. The summed E-state index contributed by atoms with van der Waals surface area (Å²) < 4.78 is 2.72. The predicted octanol–water partition coefficient (Wildman–Crippen LogP) is 2.92. The molecule has 0 bridgehead atoms. The van der Waals surface area contributed by atoms with Crippen LogP contribution in [0, 0.1) is 11.3 Å². The predicted molar refractivity (Wildman–Crippen MR) is 84.4 cm³/mol. The molecule has 0 unspecified atom stereocenters. The van der Waals surface area contributed by atoms with Gasteiger partial charge in [0.1, 0.15) is 17.3 Å². The van der Waals surface area contributed by atoms with Crippen molar-refractivity contribution in [1.82, 2.24) is 14.7 Å². The van der Waals surface area contributed by atoms with E-state index in [0.29, 0.717) is 12.2 Å². The molecule has 0 radical (unpaired) electrons. The van der Waals surface area contributed by atoms with Crippen molar-refractivity contribution in [2.24, 2.45) is 0 Å². The van der Waals surface area contributed by atoms with Crippen LogP contribution in [0.3, 0.4) is 0 Å². The molecule has 2 rings (SSSR count). The number of pyridine rings is 1. The molecular formula is C15H15BrN4O. The third-order valence-corrected chi connectivity index (χ3v) is 3.44. The van der Waals surface area contributed by atoms with Crippen molar-refractivity contribution < 1.29 is 4.79 Å². The highest BCUT2D eigenvalue weighted by Gasteiger charge is 2.10. The number of aromatic nitrogens is 2. The summed E-state index contributed by atoms with van der Waals surface area (Å²) >= 11 is 3.39. The molecule has 0 fully saturated rings. The number of nitriles is 1. The first-order chi connectivity index (χ1) is 10.2. The van der Waals surface area contributed by atoms with Crippen molar-refractivity contribution in [2.75, 3.05) is 6.54 Å². The smallest absolute Gasteiger partial charge is 0.262 e. The SMILES string of the molecule is CCCCNC(=O)C(C#N)=Cc1cnc2ccc(Br)cn12. The molecule has 5 nitrogen and oxygen atoms in total. The normalized spacial score (nSPS) is 11.4. The standard InChI is InChI=1S/C15H15BrN4O/c1-2-3-6-18-15(21)11(8-17)7-13-9-19-14-5-4-12(16)10-20(13)14/h4-5,7,9-10H,2-3,6H2,1H3,(H,18,21). The minimum absolute atomic E-state index is 0.0767. The number of hydrogen-bond acceptors (Lipinski definition) is 3. The lowest BCUT2D eigenvalue weighted by atomic mass is 10.2. The van der Waals surface area contributed by atoms with Gasteiger partial charge in [0, 0.05) is 17.2 Å². The van der Waals surface area contributed by atoms with Gasteiger partial charge in [-0.2, -0.15) is 5.26 Å². The van der Waals surface area contributed by atoms with Gasteiger partial charge >= 0.3 is 0 Å². The van der Waals surface area contributed by atoms with Crippen LogP contribution < -0.4 is 5.32 Å². The fourth-order valence-corrected chi connectivity index (χ4v) is 2.19. The average molecular weight is 347 g/mol. The lowest BCUT2D eigenvalue weighted by Gasteiger charge is -2.03. The van der Waals surface area contributed by atoms with Gasteiger partial charge in [0.15, 0.2) is 0 Å². The zero-order valence-corrected chi connectivity index (χ0v) is 13.2. The molecule has 21 heavy (non-hydrogen) atoms. The van der Waals surface area contributed by atoms with Crippen LogP contribution in [0.15, 0.2) is 34.6 Å². The first-order valence-electron chi connectivity index (χ1n) is 6.68. The number of unbranched alkanes of at least 4 members (excludes halogenated alkanes) is 1. The van der Waals surface area contributed by atoms with Gasteiger partial charge in [-0.15, -0.1) is 0 Å². The Morgan fingerprint density at radius 2 is 2.38 bits per heavy atom. The minimum atomic E-state index is -0.351. The monoisotopic (exact) mass is 346 g/mol. The Morgan fingerprint density at radius 1 is 1.57 bits per heavy atom. The highest BCUT2D eigenvalue weighted by Crippen LogP contribution is 2.15. The van der Waals surface area contributed by atoms with Gasteiger partial charge < -0.3 is 5.32 Å². The number of imidazole rings is 1. The van der Waals surface area contributed by atoms with Gasteiger partial charge in [0.05, 0.1) is 11.9 Å². The van der Waals surface area contributed by atoms with E-state index in [-0.39, 0.29) is 11.5 Å². The number of amides is 1. The highest BCUT2D eigenvalue weighted by molar-refractivity contribution is 9.10. The molecule has 108 valence electrons. The number of carbonyl (C=O) groups excluding carboxylic acids is 1. The summed E-state index contributed by atoms with van der Waals surface area (Å²) in [6.07, 6.45) is 6.92. The summed E-state index contributed by atoms with van der Waals surface area (Å²) in [6, 6.07) is 5.69. The lowest BCUT2D eigenvalue weighted by molar-refractivity contribution is -0.117. The molecule has 6 heteroatoms. The lowest BCUT2D eigenvalue weighted by Crippen LogP contribution is -2.25. The van der Waals surface area contributed by atoms with Gasteiger partial charge in [0.2, 0.25) is 0 Å². The molecule has 0 aliphatic carbocycles. The molecule has 0 saturated heterocycles. The number of halogens is 1. The molecule has 2 aromatic rings. The van der Waals surface area contributed by atoms with Crippen LogP contribution in [0.1, 0.15) is 25.5 Å². The summed E-state index contributed by atoms with van der Waals surface area (Å²) in [5.74, 6) is -0.351. The third-order valence-electron chi connectivity index (χ3n) is 2.97. The van der Waals surface area contributed by atoms with Gasteiger partial charge in [-0.1, -0.05) is 13.3 Å². The molecule has 2 heterocycles. The van der Waals surface area contributed by atoms with E-state index in [9.17, 15) is 4.79 Å². The van der Waals surface area contributed by atoms with Crippen molar-refractivity contribution >= 4 is 33.6 Å². The summed E-state index contributed by atoms with van der Waals surface area (Å²) in [4.78, 5) is 16.2. The number of hydrogen-bond donors (Lipinski definition) is 1. The van der Waals surface area contributed by atoms with E-state index in [2.05, 4.69) is 26.2 Å². The molecule has 0 atom stereocenters. The van der Waals surface area contributed by atoms with E-state index in [1.165, 1.54) is 0 Å². The van der Waals surface area contributed by atoms with Crippen LogP contribution in [0.5, 0.6) is 0 Å². The van der Waals surface area contributed by atoms with Crippen molar-refractivity contribution in [3.63, 3.8) is 0 Å². The van der Waals surface area contributed by atoms with Crippen molar-refractivity contribution in [3.05, 3.63) is 40.3 Å². The van der Waals surface area contributed by atoms with E-state index in [4.69, 9.17) is 5.26 Å². The maximum Gasteiger partial charge on any atom is 0.262 e. The average Bonchev–Trinajstić information content (AvgIpc) is 2.87. The maximum absolute atomic E-state index is 11.9. The summed E-state index contributed by atoms with van der Waals surface area (Å²) in [7, 11) is 0. The Balaban J connectivity index is 2.28. The second-order valence-corrected chi connectivity index (χ2v) is 5.45. The van der Waals surface area contributed by atoms with Gasteiger partial charge in [-0.05, 0) is 40.6 Å². The Kier molecular flexibility index (Phi) is 5.12. The van der Waals surface area contributed by atoms with E-state index in [0.717, 1.165) is 23.0 Å². The topological polar surface area (TPSA) is 70.2 Å². The Labute approximate surface area is 131 Å². The number of rotatable bonds is 5. The van der Waals surface area contributed by atoms with Crippen molar-refractivity contribution in [1.29, 1.82) is 5.26 Å². The van der Waals surface area contributed by atoms with Crippen LogP contribution in [0.25, 0.3) is 11.7 Å². The Hall–Kier alpha value is -2.13. The van der Waals surface area contributed by atoms with Gasteiger partial charge in [-0.3, -0.25) is 9.20 Å².